The molecule has 0 amide bonds. The Hall–Kier alpha value is -2.71. The van der Waals surface area contributed by atoms with Crippen LogP contribution in [0.3, 0.4) is 0 Å². The van der Waals surface area contributed by atoms with Crippen LogP contribution in [0.25, 0.3) is 11.3 Å². The molecule has 0 radical (unpaired) electrons. The number of methoxy groups -OCH3 is 1. The van der Waals surface area contributed by atoms with Gasteiger partial charge in [-0.1, -0.05) is 38.1 Å². The van der Waals surface area contributed by atoms with E-state index in [1.54, 1.807) is 12.3 Å². The molecule has 152 valence electrons. The molecule has 2 aromatic heterocycles. The van der Waals surface area contributed by atoms with Gasteiger partial charge in [0.15, 0.2) is 0 Å². The van der Waals surface area contributed by atoms with Gasteiger partial charge in [0.2, 0.25) is 11.2 Å². The van der Waals surface area contributed by atoms with E-state index in [0.29, 0.717) is 17.2 Å². The minimum absolute atomic E-state index is 0.0250. The fourth-order valence-electron chi connectivity index (χ4n) is 2.87. The van der Waals surface area contributed by atoms with Gasteiger partial charge in [-0.2, -0.15) is 4.98 Å². The predicted molar refractivity (Wildman–Crippen MR) is 113 cm³/mol. The predicted octanol–water partition coefficient (Wildman–Crippen LogP) is 4.20. The number of aromatic nitrogens is 3. The van der Waals surface area contributed by atoms with Crippen molar-refractivity contribution in [2.24, 2.45) is 5.92 Å². The van der Waals surface area contributed by atoms with Crippen LogP contribution in [0.2, 0.25) is 5.28 Å². The van der Waals surface area contributed by atoms with E-state index in [9.17, 15) is 8.42 Å². The van der Waals surface area contributed by atoms with Crippen molar-refractivity contribution < 1.29 is 13.2 Å². The monoisotopic (exact) mass is 432 g/mol. The van der Waals surface area contributed by atoms with Gasteiger partial charge < -0.3 is 4.74 Å². The van der Waals surface area contributed by atoms with E-state index in [-0.39, 0.29) is 21.7 Å². The van der Waals surface area contributed by atoms with Gasteiger partial charge in [-0.3, -0.25) is 9.71 Å². The highest BCUT2D eigenvalue weighted by Gasteiger charge is 2.23. The van der Waals surface area contributed by atoms with Crippen LogP contribution in [-0.2, 0) is 16.4 Å². The molecule has 0 saturated heterocycles. The zero-order valence-electron chi connectivity index (χ0n) is 16.3. The molecule has 3 aromatic rings. The molecule has 9 heteroatoms. The Bertz CT molecular complexity index is 1100. The lowest BCUT2D eigenvalue weighted by Crippen LogP contribution is -2.16. The van der Waals surface area contributed by atoms with E-state index in [0.717, 1.165) is 6.42 Å². The number of hydrogen-bond acceptors (Lipinski definition) is 6. The van der Waals surface area contributed by atoms with Gasteiger partial charge in [0.05, 0.1) is 19.0 Å². The summed E-state index contributed by atoms with van der Waals surface area (Å²) >= 11 is 5.74. The van der Waals surface area contributed by atoms with Crippen molar-refractivity contribution in [2.45, 2.75) is 25.2 Å². The summed E-state index contributed by atoms with van der Waals surface area (Å²) < 4.78 is 33.7. The Kier molecular flexibility index (Phi) is 6.34. The highest BCUT2D eigenvalue weighted by molar-refractivity contribution is 7.92. The largest absolute Gasteiger partial charge is 0.479 e. The third kappa shape index (κ3) is 5.02. The second kappa shape index (κ2) is 8.75. The van der Waals surface area contributed by atoms with Crippen molar-refractivity contribution in [1.82, 2.24) is 15.0 Å². The van der Waals surface area contributed by atoms with Gasteiger partial charge in [-0.05, 0) is 41.6 Å². The lowest BCUT2D eigenvalue weighted by Gasteiger charge is -2.13. The number of rotatable bonds is 7. The van der Waals surface area contributed by atoms with E-state index < -0.39 is 10.0 Å². The average Bonchev–Trinajstić information content (AvgIpc) is 2.69. The van der Waals surface area contributed by atoms with Crippen molar-refractivity contribution in [3.63, 3.8) is 0 Å². The fraction of sp³-hybridized carbons (Fsp3) is 0.250. The normalized spacial score (nSPS) is 11.5. The number of ether oxygens (including phenoxy) is 1. The van der Waals surface area contributed by atoms with E-state index in [1.807, 2.05) is 24.3 Å². The maximum Gasteiger partial charge on any atom is 0.264 e. The Labute approximate surface area is 175 Å². The first kappa shape index (κ1) is 21.0. The van der Waals surface area contributed by atoms with E-state index >= 15 is 0 Å². The molecule has 0 unspecified atom stereocenters. The molecule has 29 heavy (non-hydrogen) atoms. The molecule has 0 aliphatic carbocycles. The molecule has 7 nitrogen and oxygen atoms in total. The number of benzene rings is 1. The van der Waals surface area contributed by atoms with Crippen LogP contribution in [0, 0.1) is 5.92 Å². The molecule has 0 saturated carbocycles. The summed E-state index contributed by atoms with van der Waals surface area (Å²) in [4.78, 5) is 12.0. The summed E-state index contributed by atoms with van der Waals surface area (Å²) in [5, 5.41) is -0.0478. The maximum absolute atomic E-state index is 13.1. The number of hydrogen-bond donors (Lipinski definition) is 1. The summed E-state index contributed by atoms with van der Waals surface area (Å²) in [7, 11) is -2.62. The van der Waals surface area contributed by atoms with E-state index in [2.05, 4.69) is 33.5 Å². The first-order valence-corrected chi connectivity index (χ1v) is 10.8. The molecule has 0 bridgehead atoms. The molecule has 3 rings (SSSR count). The van der Waals surface area contributed by atoms with Gasteiger partial charge in [-0.15, -0.1) is 0 Å². The molecule has 0 fully saturated rings. The number of nitrogens with zero attached hydrogens (tertiary/aromatic N) is 3. The third-order valence-electron chi connectivity index (χ3n) is 4.09. The van der Waals surface area contributed by atoms with Crippen molar-refractivity contribution in [3.8, 4) is 17.1 Å². The van der Waals surface area contributed by atoms with Crippen LogP contribution in [-0.4, -0.2) is 30.5 Å². The van der Waals surface area contributed by atoms with Crippen molar-refractivity contribution in [3.05, 3.63) is 59.6 Å². The second-order valence-electron chi connectivity index (χ2n) is 6.81. The summed E-state index contributed by atoms with van der Waals surface area (Å²) in [5.74, 6) is 0.560. The van der Waals surface area contributed by atoms with E-state index in [1.165, 1.54) is 24.9 Å². The van der Waals surface area contributed by atoms with Crippen molar-refractivity contribution >= 4 is 27.3 Å². The highest BCUT2D eigenvalue weighted by Crippen LogP contribution is 2.29. The number of anilines is 1. The number of halogens is 1. The Morgan fingerprint density at radius 3 is 2.52 bits per heavy atom. The summed E-state index contributed by atoms with van der Waals surface area (Å²) in [6.07, 6.45) is 3.76. The topological polar surface area (TPSA) is 94.1 Å². The third-order valence-corrected chi connectivity index (χ3v) is 5.67. The number of pyridine rings is 1. The summed E-state index contributed by atoms with van der Waals surface area (Å²) in [6, 6.07) is 10.8. The highest BCUT2D eigenvalue weighted by atomic mass is 35.5. The fourth-order valence-corrected chi connectivity index (χ4v) is 4.21. The van der Waals surface area contributed by atoms with Crippen molar-refractivity contribution in [2.75, 3.05) is 11.8 Å². The minimum atomic E-state index is -3.98. The lowest BCUT2D eigenvalue weighted by molar-refractivity contribution is 0.399. The first-order valence-electron chi connectivity index (χ1n) is 8.94. The summed E-state index contributed by atoms with van der Waals surface area (Å²) in [6.45, 7) is 4.30. The van der Waals surface area contributed by atoms with Gasteiger partial charge >= 0.3 is 0 Å². The maximum atomic E-state index is 13.1. The van der Waals surface area contributed by atoms with Crippen molar-refractivity contribution in [1.29, 1.82) is 0 Å². The molecule has 0 atom stereocenters. The molecule has 0 aliphatic rings. The molecule has 2 heterocycles. The van der Waals surface area contributed by atoms with Gasteiger partial charge in [0, 0.05) is 11.8 Å². The van der Waals surface area contributed by atoms with Crippen LogP contribution < -0.4 is 9.46 Å². The van der Waals surface area contributed by atoms with Crippen LogP contribution in [0.1, 0.15) is 19.4 Å². The standard InChI is InChI=1S/C20H21ClN4O3S/c1-13(2)11-14-6-8-15(9-7-14)18-17(5-4-10-22-18)29(26,27)25-16-12-23-20(21)24-19(16)28-3/h4-10,12-13,25H,11H2,1-3H3. The Balaban J connectivity index is 1.97. The average molecular weight is 433 g/mol. The quantitative estimate of drug-likeness (QED) is 0.562. The van der Waals surface area contributed by atoms with Crippen LogP contribution >= 0.6 is 11.6 Å². The first-order chi connectivity index (χ1) is 13.8. The van der Waals surface area contributed by atoms with Gasteiger partial charge in [-0.25, -0.2) is 13.4 Å². The molecular weight excluding hydrogens is 412 g/mol. The molecular formula is C20H21ClN4O3S. The smallest absolute Gasteiger partial charge is 0.264 e. The molecule has 1 N–H and O–H groups in total. The van der Waals surface area contributed by atoms with Crippen LogP contribution in [0.15, 0.2) is 53.7 Å². The zero-order valence-corrected chi connectivity index (χ0v) is 17.8. The minimum Gasteiger partial charge on any atom is -0.479 e. The summed E-state index contributed by atoms with van der Waals surface area (Å²) in [5.41, 5.74) is 2.33. The van der Waals surface area contributed by atoms with Gasteiger partial charge in [0.1, 0.15) is 10.6 Å². The molecule has 1 aromatic carbocycles. The second-order valence-corrected chi connectivity index (χ2v) is 8.80. The Morgan fingerprint density at radius 2 is 1.86 bits per heavy atom. The molecule has 0 spiro atoms. The van der Waals surface area contributed by atoms with E-state index in [4.69, 9.17) is 16.3 Å². The zero-order chi connectivity index (χ0) is 21.0. The van der Waals surface area contributed by atoms with Gasteiger partial charge in [0.25, 0.3) is 10.0 Å². The Morgan fingerprint density at radius 1 is 1.14 bits per heavy atom. The lowest BCUT2D eigenvalue weighted by atomic mass is 10.0. The number of sulfonamides is 1. The van der Waals surface area contributed by atoms with Crippen LogP contribution in [0.4, 0.5) is 5.69 Å². The molecule has 0 aliphatic heterocycles. The number of nitrogens with one attached hydrogen (secondary N) is 1. The van der Waals surface area contributed by atoms with Crippen LogP contribution in [0.5, 0.6) is 5.88 Å². The SMILES string of the molecule is COc1nc(Cl)ncc1NS(=O)(=O)c1cccnc1-c1ccc(CC(C)C)cc1.